The van der Waals surface area contributed by atoms with Gasteiger partial charge in [0.2, 0.25) is 16.0 Å². The molecule has 3 aliphatic heterocycles. The molecule has 0 bridgehead atoms. The number of hydrogen-bond acceptors (Lipinski definition) is 22. The van der Waals surface area contributed by atoms with Crippen molar-refractivity contribution in [3.8, 4) is 11.3 Å². The van der Waals surface area contributed by atoms with Crippen molar-refractivity contribution in [3.05, 3.63) is 222 Å². The number of nitrogen functional groups attached to an aromatic ring is 1. The minimum Gasteiger partial charge on any atom is -0.368 e. The van der Waals surface area contributed by atoms with Gasteiger partial charge in [0.05, 0.1) is 82.0 Å². The van der Waals surface area contributed by atoms with Crippen molar-refractivity contribution in [3.63, 3.8) is 0 Å². The molecule has 546 valence electrons. The number of rotatable bonds is 18. The van der Waals surface area contributed by atoms with E-state index >= 15 is 0 Å². The molecule has 2 atom stereocenters. The number of halogens is 5. The van der Waals surface area contributed by atoms with Gasteiger partial charge in [0.25, 0.3) is 0 Å². The Hall–Kier alpha value is -9.52. The lowest BCUT2D eigenvalue weighted by molar-refractivity contribution is 0.453. The number of piperidine rings is 3. The van der Waals surface area contributed by atoms with Crippen molar-refractivity contribution in [1.29, 1.82) is 0 Å². The molecule has 14 heterocycles. The molecule has 0 aliphatic carbocycles. The predicted octanol–water partition coefficient (Wildman–Crippen LogP) is 12.2. The first-order chi connectivity index (χ1) is 51.7. The molecule has 34 heteroatoms. The molecular formula is C72H75Br4FN26O2S. The number of aromatic amines is 1. The van der Waals surface area contributed by atoms with Gasteiger partial charge in [-0.15, -0.1) is 0 Å². The molecule has 106 heavy (non-hydrogen) atoms. The maximum absolute atomic E-state index is 14.3. The summed E-state index contributed by atoms with van der Waals surface area (Å²) in [7, 11) is -2.11. The monoisotopic (exact) mass is 1700 g/mol. The van der Waals surface area contributed by atoms with Crippen LogP contribution >= 0.6 is 63.7 Å². The Kier molecular flexibility index (Phi) is 23.5. The van der Waals surface area contributed by atoms with E-state index in [4.69, 9.17) is 20.7 Å². The number of pyridine rings is 1. The summed E-state index contributed by atoms with van der Waals surface area (Å²) in [4.78, 5) is 38.9. The number of aromatic nitrogens is 17. The minimum atomic E-state index is -3.48. The zero-order valence-electron chi connectivity index (χ0n) is 57.4. The number of nitrogens with one attached hydrogen (secondary N) is 9. The average molecular weight is 1710 g/mol. The van der Waals surface area contributed by atoms with Crippen LogP contribution in [0.1, 0.15) is 95.6 Å². The molecule has 0 saturated carbocycles. The molecule has 3 aromatic carbocycles. The molecule has 11 aromatic heterocycles. The number of fused-ring (bicyclic) bond motifs is 5. The van der Waals surface area contributed by atoms with Gasteiger partial charge in [-0.1, -0.05) is 36.4 Å². The van der Waals surface area contributed by atoms with Crippen LogP contribution in [0.2, 0.25) is 0 Å². The van der Waals surface area contributed by atoms with Crippen LogP contribution < -0.4 is 47.7 Å². The summed E-state index contributed by atoms with van der Waals surface area (Å²) in [6, 6.07) is 31.3. The topological polar surface area (TPSA) is 345 Å². The van der Waals surface area contributed by atoms with E-state index in [1.54, 1.807) is 103 Å². The van der Waals surface area contributed by atoms with Gasteiger partial charge < -0.3 is 47.9 Å². The standard InChI is InChI=1S/C20H17BrFN5O2S.C19H20BrN7.C17H19BrN6.C16H19BrN8/c1-23-30(28,29)14-8-6-13(7-9-14)11-24-19-10-18(15-4-2-3-5-17(15)22)26-20-16(21)12-25-27(19)20;20-14-10-25-27-18(8-16(26-19(14)27)13-3-5-21-6-4-13)22-9-12-1-2-15-17(7-12)24-11-23-15;18-14-11-22-24-16(21-9-12-3-1-5-19-8-12)7-15(23-17(14)24)13-4-2-6-20-10-13;17-12-9-23-25-14(20-5-10-6-21-16(18)22-7-10)4-13(24-15(12)25)11-2-1-3-19-8-11/h2-10,12,23-24H,11H2,1H3;1-2,7-8,10-11,13,21-22H,3-6,9H2,(H,23,24);1,3,5,7-8,11,13,20-21H,2,4,6,9-10H2;4,6-7,9,11,19-20H,1-3,5,8H2,(H2,18,21,22). The Labute approximate surface area is 642 Å². The number of nitrogens with zero attached hydrogens (tertiary/aromatic N) is 16. The fraction of sp³-hybridized carbons (Fsp3) is 0.278. The Morgan fingerprint density at radius 2 is 1.01 bits per heavy atom. The van der Waals surface area contributed by atoms with Crippen LogP contribution in [-0.4, -0.2) is 138 Å². The van der Waals surface area contributed by atoms with Crippen LogP contribution in [0.15, 0.2) is 182 Å². The molecule has 0 radical (unpaired) electrons. The van der Waals surface area contributed by atoms with E-state index in [9.17, 15) is 12.8 Å². The lowest BCUT2D eigenvalue weighted by atomic mass is 9.94. The molecule has 14 aromatic rings. The number of hydrogen-bond donors (Lipinski definition) is 10. The number of imidazole rings is 1. The summed E-state index contributed by atoms with van der Waals surface area (Å²) >= 11 is 14.1. The highest BCUT2D eigenvalue weighted by molar-refractivity contribution is 9.11. The van der Waals surface area contributed by atoms with Gasteiger partial charge in [0.15, 0.2) is 22.6 Å². The van der Waals surface area contributed by atoms with Crippen LogP contribution in [0, 0.1) is 5.82 Å². The highest BCUT2D eigenvalue weighted by atomic mass is 79.9. The van der Waals surface area contributed by atoms with E-state index in [0.717, 1.165) is 151 Å². The van der Waals surface area contributed by atoms with Crippen LogP contribution in [0.5, 0.6) is 0 Å². The van der Waals surface area contributed by atoms with E-state index in [0.29, 0.717) is 71.1 Å². The van der Waals surface area contributed by atoms with Crippen molar-refractivity contribution in [1.82, 2.24) is 104 Å². The number of H-pyrrole nitrogens is 1. The van der Waals surface area contributed by atoms with Crippen LogP contribution in [-0.2, 0) is 36.2 Å². The van der Waals surface area contributed by atoms with Gasteiger partial charge >= 0.3 is 0 Å². The minimum absolute atomic E-state index is 0.192. The zero-order chi connectivity index (χ0) is 73.1. The van der Waals surface area contributed by atoms with Crippen molar-refractivity contribution >= 4 is 137 Å². The van der Waals surface area contributed by atoms with Crippen molar-refractivity contribution in [2.75, 3.05) is 73.3 Å². The number of benzene rings is 3. The first-order valence-corrected chi connectivity index (χ1v) is 39.2. The third-order valence-electron chi connectivity index (χ3n) is 18.4. The molecule has 3 fully saturated rings. The van der Waals surface area contributed by atoms with E-state index in [1.165, 1.54) is 37.9 Å². The Morgan fingerprint density at radius 1 is 0.509 bits per heavy atom. The molecule has 3 saturated heterocycles. The molecule has 0 spiro atoms. The number of nitrogens with two attached hydrogens (primary N) is 1. The van der Waals surface area contributed by atoms with Gasteiger partial charge in [0, 0.05) is 123 Å². The Balaban J connectivity index is 0.000000119. The number of sulfonamides is 1. The highest BCUT2D eigenvalue weighted by Gasteiger charge is 2.24. The summed E-state index contributed by atoms with van der Waals surface area (Å²) in [5.41, 5.74) is 19.0. The summed E-state index contributed by atoms with van der Waals surface area (Å²) < 4.78 is 50.8. The molecule has 11 N–H and O–H groups in total. The average Bonchev–Trinajstić information content (AvgIpc) is 1.64. The number of anilines is 5. The molecule has 28 nitrogen and oxygen atoms in total. The molecule has 17 rings (SSSR count). The smallest absolute Gasteiger partial charge is 0.240 e. The van der Waals surface area contributed by atoms with Crippen molar-refractivity contribution in [2.24, 2.45) is 0 Å². The van der Waals surface area contributed by atoms with Gasteiger partial charge in [-0.2, -0.15) is 38.5 Å². The molecule has 3 aliphatic rings. The summed E-state index contributed by atoms with van der Waals surface area (Å²) in [5, 5.41) is 41.7. The summed E-state index contributed by atoms with van der Waals surface area (Å²) in [6.07, 6.45) is 22.7. The Morgan fingerprint density at radius 3 is 1.53 bits per heavy atom. The molecular weight excluding hydrogens is 1630 g/mol. The predicted molar refractivity (Wildman–Crippen MR) is 421 cm³/mol. The molecule has 2 unspecified atom stereocenters. The maximum atomic E-state index is 14.3. The van der Waals surface area contributed by atoms with Crippen LogP contribution in [0.3, 0.4) is 0 Å². The normalized spacial score (nSPS) is 15.5. The van der Waals surface area contributed by atoms with E-state index in [-0.39, 0.29) is 16.7 Å². The fourth-order valence-corrected chi connectivity index (χ4v) is 14.9. The lowest BCUT2D eigenvalue weighted by Crippen LogP contribution is -2.29. The maximum Gasteiger partial charge on any atom is 0.240 e. The summed E-state index contributed by atoms with van der Waals surface area (Å²) in [6.45, 7) is 8.61. The first kappa shape index (κ1) is 73.4. The second-order valence-electron chi connectivity index (χ2n) is 25.6. The van der Waals surface area contributed by atoms with Gasteiger partial charge in [-0.05, 0) is 195 Å². The van der Waals surface area contributed by atoms with Crippen LogP contribution in [0.4, 0.5) is 33.6 Å². The van der Waals surface area contributed by atoms with Crippen molar-refractivity contribution < 1.29 is 12.8 Å². The second kappa shape index (κ2) is 33.9. The van der Waals surface area contributed by atoms with Gasteiger partial charge in [-0.3, -0.25) is 4.98 Å². The second-order valence-corrected chi connectivity index (χ2v) is 30.9. The zero-order valence-corrected chi connectivity index (χ0v) is 64.6. The van der Waals surface area contributed by atoms with Gasteiger partial charge in [0.1, 0.15) is 29.1 Å². The van der Waals surface area contributed by atoms with E-state index < -0.39 is 10.0 Å². The van der Waals surface area contributed by atoms with Gasteiger partial charge in [-0.25, -0.2) is 52.4 Å². The van der Waals surface area contributed by atoms with Crippen LogP contribution in [0.25, 0.3) is 44.9 Å². The molecule has 0 amide bonds. The van der Waals surface area contributed by atoms with E-state index in [1.807, 2.05) is 31.9 Å². The SMILES string of the molecule is Brc1cnn2c(NCc3ccc4nc[nH]c4c3)cc(C3CCNCC3)nc12.Brc1cnn2c(NCc3cccnc3)cc(C3CCCNC3)nc12.CNS(=O)(=O)c1ccc(CNc2cc(-c3ccccc3F)nc3c(Br)cnn23)cc1.Nc1ncc(CNc2cc(C3CCCNC3)nc3c(Br)cnn23)cn1. The van der Waals surface area contributed by atoms with E-state index in [2.05, 4.69) is 192 Å². The lowest BCUT2D eigenvalue weighted by Gasteiger charge is -2.23. The third-order valence-corrected chi connectivity index (χ3v) is 22.1. The highest BCUT2D eigenvalue weighted by Crippen LogP contribution is 2.33. The Bertz CT molecular complexity index is 5450. The van der Waals surface area contributed by atoms with Crippen molar-refractivity contribution in [2.45, 2.75) is 87.4 Å². The fourth-order valence-electron chi connectivity index (χ4n) is 12.8. The summed E-state index contributed by atoms with van der Waals surface area (Å²) in [5.74, 6) is 4.70. The quantitative estimate of drug-likeness (QED) is 0.0381. The largest absolute Gasteiger partial charge is 0.368 e. The third kappa shape index (κ3) is 17.5. The first-order valence-electron chi connectivity index (χ1n) is 34.6.